The fourth-order valence-corrected chi connectivity index (χ4v) is 2.45. The second-order valence-corrected chi connectivity index (χ2v) is 5.40. The van der Waals surface area contributed by atoms with Crippen LogP contribution in [0, 0.1) is 6.92 Å². The molecule has 0 saturated carbocycles. The number of rotatable bonds is 6. The smallest absolute Gasteiger partial charge is 0.189 e. The summed E-state index contributed by atoms with van der Waals surface area (Å²) in [7, 11) is 0. The molecule has 0 atom stereocenters. The molecule has 2 N–H and O–H groups in total. The SMILES string of the molecule is Cc1ccc2[nH]c(CNCCCn3cncn3)cc(=O)c2c1. The van der Waals surface area contributed by atoms with E-state index in [9.17, 15) is 4.79 Å². The quantitative estimate of drug-likeness (QED) is 0.678. The van der Waals surface area contributed by atoms with Gasteiger partial charge in [0.05, 0.1) is 0 Å². The normalized spacial score (nSPS) is 11.1. The molecule has 0 unspecified atom stereocenters. The molecular formula is C16H19N5O. The molecule has 3 rings (SSSR count). The molecule has 0 amide bonds. The molecule has 0 aliphatic rings. The van der Waals surface area contributed by atoms with Gasteiger partial charge in [-0.15, -0.1) is 0 Å². The predicted molar refractivity (Wildman–Crippen MR) is 85.7 cm³/mol. The van der Waals surface area contributed by atoms with Crippen LogP contribution in [-0.4, -0.2) is 26.3 Å². The Hall–Kier alpha value is -2.47. The summed E-state index contributed by atoms with van der Waals surface area (Å²) in [5.41, 5.74) is 2.95. The van der Waals surface area contributed by atoms with Crippen LogP contribution < -0.4 is 10.7 Å². The van der Waals surface area contributed by atoms with Gasteiger partial charge in [0.2, 0.25) is 0 Å². The molecule has 1 aromatic carbocycles. The number of hydrogen-bond acceptors (Lipinski definition) is 4. The minimum absolute atomic E-state index is 0.0665. The van der Waals surface area contributed by atoms with Crippen molar-refractivity contribution in [1.82, 2.24) is 25.1 Å². The zero-order valence-electron chi connectivity index (χ0n) is 12.5. The Labute approximate surface area is 128 Å². The number of fused-ring (bicyclic) bond motifs is 1. The van der Waals surface area contributed by atoms with Crippen molar-refractivity contribution in [1.29, 1.82) is 0 Å². The lowest BCUT2D eigenvalue weighted by Gasteiger charge is -2.07. The van der Waals surface area contributed by atoms with E-state index in [1.54, 1.807) is 12.4 Å². The van der Waals surface area contributed by atoms with Crippen LogP contribution in [0.4, 0.5) is 0 Å². The third-order valence-corrected chi connectivity index (χ3v) is 3.56. The average molecular weight is 297 g/mol. The van der Waals surface area contributed by atoms with Gasteiger partial charge in [-0.05, 0) is 32.0 Å². The van der Waals surface area contributed by atoms with Gasteiger partial charge in [-0.3, -0.25) is 9.48 Å². The topological polar surface area (TPSA) is 75.6 Å². The number of hydrogen-bond donors (Lipinski definition) is 2. The van der Waals surface area contributed by atoms with Crippen LogP contribution in [0.15, 0.2) is 41.7 Å². The zero-order valence-corrected chi connectivity index (χ0v) is 12.5. The summed E-state index contributed by atoms with van der Waals surface area (Å²) >= 11 is 0. The van der Waals surface area contributed by atoms with Crippen LogP contribution in [0.5, 0.6) is 0 Å². The van der Waals surface area contributed by atoms with Gasteiger partial charge < -0.3 is 10.3 Å². The summed E-state index contributed by atoms with van der Waals surface area (Å²) in [4.78, 5) is 19.3. The lowest BCUT2D eigenvalue weighted by Crippen LogP contribution is -2.19. The van der Waals surface area contributed by atoms with Crippen LogP contribution in [0.1, 0.15) is 17.7 Å². The number of benzene rings is 1. The Kier molecular flexibility index (Phi) is 4.29. The first-order valence-corrected chi connectivity index (χ1v) is 7.38. The van der Waals surface area contributed by atoms with Gasteiger partial charge in [0.15, 0.2) is 5.43 Å². The third kappa shape index (κ3) is 3.40. The van der Waals surface area contributed by atoms with Gasteiger partial charge >= 0.3 is 0 Å². The van der Waals surface area contributed by atoms with E-state index in [0.717, 1.165) is 41.7 Å². The molecule has 0 fully saturated rings. The molecule has 2 aromatic heterocycles. The van der Waals surface area contributed by atoms with E-state index in [2.05, 4.69) is 20.4 Å². The van der Waals surface area contributed by atoms with Gasteiger partial charge in [0, 0.05) is 35.8 Å². The van der Waals surface area contributed by atoms with Gasteiger partial charge in [0.25, 0.3) is 0 Å². The standard InChI is InChI=1S/C16H19N5O/c1-12-3-4-15-14(7-12)16(22)8-13(20-15)9-17-5-2-6-21-11-18-10-19-21/h3-4,7-8,10-11,17H,2,5-6,9H2,1H3,(H,20,22). The molecule has 22 heavy (non-hydrogen) atoms. The second-order valence-electron chi connectivity index (χ2n) is 5.40. The summed E-state index contributed by atoms with van der Waals surface area (Å²) in [6.45, 7) is 4.33. The predicted octanol–water partition coefficient (Wildman–Crippen LogP) is 1.61. The minimum atomic E-state index is 0.0665. The molecule has 0 aliphatic carbocycles. The van der Waals surface area contributed by atoms with Crippen molar-refractivity contribution in [3.8, 4) is 0 Å². The molecule has 0 radical (unpaired) electrons. The lowest BCUT2D eigenvalue weighted by molar-refractivity contribution is 0.540. The zero-order chi connectivity index (χ0) is 15.4. The molecule has 0 saturated heterocycles. The van der Waals surface area contributed by atoms with Crippen LogP contribution in [0.3, 0.4) is 0 Å². The summed E-state index contributed by atoms with van der Waals surface area (Å²) in [6.07, 6.45) is 4.21. The molecule has 0 spiro atoms. The van der Waals surface area contributed by atoms with Gasteiger partial charge in [-0.1, -0.05) is 11.6 Å². The number of H-pyrrole nitrogens is 1. The number of aryl methyl sites for hydroxylation is 2. The van der Waals surface area contributed by atoms with Crippen molar-refractivity contribution < 1.29 is 0 Å². The van der Waals surface area contributed by atoms with Crippen molar-refractivity contribution >= 4 is 10.9 Å². The van der Waals surface area contributed by atoms with Crippen LogP contribution in [0.2, 0.25) is 0 Å². The Bertz CT molecular complexity index is 807. The third-order valence-electron chi connectivity index (χ3n) is 3.56. The summed E-state index contributed by atoms with van der Waals surface area (Å²) in [5, 5.41) is 8.14. The summed E-state index contributed by atoms with van der Waals surface area (Å²) in [6, 6.07) is 7.56. The van der Waals surface area contributed by atoms with Crippen molar-refractivity contribution in [2.24, 2.45) is 0 Å². The first-order valence-electron chi connectivity index (χ1n) is 7.38. The highest BCUT2D eigenvalue weighted by atomic mass is 16.1. The fourth-order valence-electron chi connectivity index (χ4n) is 2.45. The molecule has 6 heteroatoms. The maximum Gasteiger partial charge on any atom is 0.189 e. The Morgan fingerprint density at radius 3 is 3.05 bits per heavy atom. The molecule has 114 valence electrons. The van der Waals surface area contributed by atoms with E-state index in [4.69, 9.17) is 0 Å². The molecule has 6 nitrogen and oxygen atoms in total. The number of aromatic nitrogens is 4. The lowest BCUT2D eigenvalue weighted by atomic mass is 10.1. The van der Waals surface area contributed by atoms with Gasteiger partial charge in [-0.2, -0.15) is 5.10 Å². The Balaban J connectivity index is 1.57. The van der Waals surface area contributed by atoms with E-state index < -0.39 is 0 Å². The Morgan fingerprint density at radius 2 is 2.23 bits per heavy atom. The van der Waals surface area contributed by atoms with E-state index in [1.165, 1.54) is 6.33 Å². The molecule has 2 heterocycles. The van der Waals surface area contributed by atoms with E-state index >= 15 is 0 Å². The van der Waals surface area contributed by atoms with E-state index in [-0.39, 0.29) is 5.43 Å². The van der Waals surface area contributed by atoms with E-state index in [0.29, 0.717) is 6.54 Å². The number of nitrogens with one attached hydrogen (secondary N) is 2. The second kappa shape index (κ2) is 6.53. The van der Waals surface area contributed by atoms with Crippen molar-refractivity contribution in [3.05, 3.63) is 58.4 Å². The van der Waals surface area contributed by atoms with Crippen LogP contribution in [-0.2, 0) is 13.1 Å². The highest BCUT2D eigenvalue weighted by Gasteiger charge is 2.02. The molecule has 0 bridgehead atoms. The first-order chi connectivity index (χ1) is 10.7. The molecule has 0 aliphatic heterocycles. The van der Waals surface area contributed by atoms with Gasteiger partial charge in [0.1, 0.15) is 12.7 Å². The van der Waals surface area contributed by atoms with Crippen molar-refractivity contribution in [3.63, 3.8) is 0 Å². The van der Waals surface area contributed by atoms with Crippen LogP contribution >= 0.6 is 0 Å². The average Bonchev–Trinajstić information content (AvgIpc) is 3.01. The maximum absolute atomic E-state index is 12.1. The number of nitrogens with zero attached hydrogens (tertiary/aromatic N) is 3. The van der Waals surface area contributed by atoms with Gasteiger partial charge in [-0.25, -0.2) is 4.98 Å². The minimum Gasteiger partial charge on any atom is -0.357 e. The number of pyridine rings is 1. The van der Waals surface area contributed by atoms with Crippen molar-refractivity contribution in [2.45, 2.75) is 26.4 Å². The Morgan fingerprint density at radius 1 is 1.32 bits per heavy atom. The summed E-state index contributed by atoms with van der Waals surface area (Å²) < 4.78 is 1.81. The van der Waals surface area contributed by atoms with Crippen molar-refractivity contribution in [2.75, 3.05) is 6.54 Å². The number of aromatic amines is 1. The highest BCUT2D eigenvalue weighted by molar-refractivity contribution is 5.79. The first kappa shape index (κ1) is 14.5. The fraction of sp³-hybridized carbons (Fsp3) is 0.312. The summed E-state index contributed by atoms with van der Waals surface area (Å²) in [5.74, 6) is 0. The highest BCUT2D eigenvalue weighted by Crippen LogP contribution is 2.10. The largest absolute Gasteiger partial charge is 0.357 e. The monoisotopic (exact) mass is 297 g/mol. The maximum atomic E-state index is 12.1. The van der Waals surface area contributed by atoms with E-state index in [1.807, 2.05) is 29.8 Å². The molecular weight excluding hydrogens is 278 g/mol. The van der Waals surface area contributed by atoms with Crippen LogP contribution in [0.25, 0.3) is 10.9 Å². The molecule has 3 aromatic rings.